The van der Waals surface area contributed by atoms with Gasteiger partial charge in [-0.15, -0.1) is 0 Å². The molecule has 0 bridgehead atoms. The van der Waals surface area contributed by atoms with Gasteiger partial charge in [-0.2, -0.15) is 0 Å². The van der Waals surface area contributed by atoms with Crippen molar-refractivity contribution in [1.82, 2.24) is 20.9 Å². The Hall–Kier alpha value is -2.08. The molecule has 3 N–H and O–H groups in total. The number of carbonyl (C=O) groups excluding carboxylic acids is 1. The second-order valence-electron chi connectivity index (χ2n) is 6.71. The van der Waals surface area contributed by atoms with Crippen molar-refractivity contribution in [3.63, 3.8) is 0 Å². The minimum absolute atomic E-state index is 0.0498. The van der Waals surface area contributed by atoms with E-state index in [9.17, 15) is 4.79 Å². The van der Waals surface area contributed by atoms with Crippen LogP contribution in [-0.4, -0.2) is 63.6 Å². The monoisotopic (exact) mass is 359 g/mol. The van der Waals surface area contributed by atoms with Crippen LogP contribution in [0.1, 0.15) is 41.6 Å². The highest BCUT2D eigenvalue weighted by Crippen LogP contribution is 2.08. The van der Waals surface area contributed by atoms with E-state index in [4.69, 9.17) is 0 Å². The number of rotatable bonds is 9. The molecule has 0 saturated carbocycles. The molecule has 1 aromatic carbocycles. The molecule has 0 aromatic heterocycles. The van der Waals surface area contributed by atoms with Crippen LogP contribution >= 0.6 is 0 Å². The second-order valence-corrected chi connectivity index (χ2v) is 6.71. The van der Waals surface area contributed by atoms with Gasteiger partial charge in [-0.25, -0.2) is 0 Å². The summed E-state index contributed by atoms with van der Waals surface area (Å²) in [6.07, 6.45) is 5.96. The van der Waals surface area contributed by atoms with Gasteiger partial charge < -0.3 is 20.9 Å². The summed E-state index contributed by atoms with van der Waals surface area (Å²) in [5.41, 5.74) is 1.84. The van der Waals surface area contributed by atoms with Gasteiger partial charge in [0.2, 0.25) is 0 Å². The number of hydrogen-bond donors (Lipinski definition) is 3. The van der Waals surface area contributed by atoms with E-state index in [0.717, 1.165) is 37.5 Å². The van der Waals surface area contributed by atoms with Gasteiger partial charge in [0, 0.05) is 32.7 Å². The average molecular weight is 360 g/mol. The molecular weight excluding hydrogens is 326 g/mol. The molecule has 1 aliphatic rings. The largest absolute Gasteiger partial charge is 0.356 e. The average Bonchev–Trinajstić information content (AvgIpc) is 3.19. The van der Waals surface area contributed by atoms with Crippen LogP contribution in [0.3, 0.4) is 0 Å². The van der Waals surface area contributed by atoms with Crippen molar-refractivity contribution in [1.29, 1.82) is 0 Å². The zero-order chi connectivity index (χ0) is 18.6. The van der Waals surface area contributed by atoms with Crippen molar-refractivity contribution in [2.45, 2.75) is 32.1 Å². The molecule has 0 atom stereocenters. The number of likely N-dealkylation sites (tertiary alicyclic amines) is 1. The van der Waals surface area contributed by atoms with Crippen molar-refractivity contribution < 1.29 is 4.79 Å². The lowest BCUT2D eigenvalue weighted by molar-refractivity contribution is 0.0963. The van der Waals surface area contributed by atoms with E-state index in [1.165, 1.54) is 38.9 Å². The Kier molecular flexibility index (Phi) is 8.96. The van der Waals surface area contributed by atoms with E-state index in [0.29, 0.717) is 5.56 Å². The summed E-state index contributed by atoms with van der Waals surface area (Å²) in [5, 5.41) is 9.37. The summed E-state index contributed by atoms with van der Waals surface area (Å²) >= 11 is 0. The Morgan fingerprint density at radius 1 is 1.15 bits per heavy atom. The Bertz CT molecular complexity index is 581. The predicted octanol–water partition coefficient (Wildman–Crippen LogP) is 1.63. The lowest BCUT2D eigenvalue weighted by Gasteiger charge is -2.15. The molecule has 1 fully saturated rings. The van der Waals surface area contributed by atoms with Crippen LogP contribution in [0.2, 0.25) is 0 Å². The van der Waals surface area contributed by atoms with E-state index >= 15 is 0 Å². The molecule has 1 saturated heterocycles. The topological polar surface area (TPSA) is 68.8 Å². The quantitative estimate of drug-likeness (QED) is 0.356. The molecule has 0 aliphatic carbocycles. The predicted molar refractivity (Wildman–Crippen MR) is 108 cm³/mol. The maximum atomic E-state index is 11.7. The summed E-state index contributed by atoms with van der Waals surface area (Å²) in [6, 6.07) is 7.74. The van der Waals surface area contributed by atoms with Gasteiger partial charge in [-0.05, 0) is 69.4 Å². The Morgan fingerprint density at radius 3 is 2.65 bits per heavy atom. The van der Waals surface area contributed by atoms with Crippen LogP contribution in [0.5, 0.6) is 0 Å². The van der Waals surface area contributed by atoms with E-state index in [-0.39, 0.29) is 5.91 Å². The molecule has 1 heterocycles. The third kappa shape index (κ3) is 7.04. The maximum Gasteiger partial charge on any atom is 0.251 e. The lowest BCUT2D eigenvalue weighted by atomic mass is 10.1. The first-order valence-corrected chi connectivity index (χ1v) is 9.71. The zero-order valence-corrected chi connectivity index (χ0v) is 16.2. The van der Waals surface area contributed by atoms with Crippen molar-refractivity contribution in [2.24, 2.45) is 4.99 Å². The fourth-order valence-electron chi connectivity index (χ4n) is 3.23. The van der Waals surface area contributed by atoms with Crippen LogP contribution in [-0.2, 0) is 6.42 Å². The molecule has 6 heteroatoms. The first-order valence-electron chi connectivity index (χ1n) is 9.71. The van der Waals surface area contributed by atoms with E-state index in [2.05, 4.69) is 25.8 Å². The van der Waals surface area contributed by atoms with E-state index < -0.39 is 0 Å². The molecule has 0 radical (unpaired) electrons. The van der Waals surface area contributed by atoms with Gasteiger partial charge >= 0.3 is 0 Å². The summed E-state index contributed by atoms with van der Waals surface area (Å²) < 4.78 is 0. The van der Waals surface area contributed by atoms with Crippen molar-refractivity contribution in [2.75, 3.05) is 46.8 Å². The van der Waals surface area contributed by atoms with E-state index in [1.54, 1.807) is 14.1 Å². The standard InChI is InChI=1S/C20H33N5O/c1-21-19(26)18-9-7-8-17(16-18)10-12-24-20(22-2)23-11-3-4-13-25-14-5-6-15-25/h7-9,16H,3-6,10-15H2,1-2H3,(H,21,26)(H2,22,23,24). The molecule has 144 valence electrons. The minimum Gasteiger partial charge on any atom is -0.356 e. The van der Waals surface area contributed by atoms with Gasteiger partial charge in [-0.3, -0.25) is 9.79 Å². The van der Waals surface area contributed by atoms with E-state index in [1.807, 2.05) is 24.3 Å². The molecular formula is C20H33N5O. The molecule has 1 aliphatic heterocycles. The fraction of sp³-hybridized carbons (Fsp3) is 0.600. The molecule has 26 heavy (non-hydrogen) atoms. The van der Waals surface area contributed by atoms with Gasteiger partial charge in [0.15, 0.2) is 5.96 Å². The number of unbranched alkanes of at least 4 members (excludes halogenated alkanes) is 1. The minimum atomic E-state index is -0.0498. The van der Waals surface area contributed by atoms with Gasteiger partial charge in [0.05, 0.1) is 0 Å². The highest BCUT2D eigenvalue weighted by Gasteiger charge is 2.10. The number of amides is 1. The SMILES string of the molecule is CN=C(NCCCCN1CCCC1)NCCc1cccc(C(=O)NC)c1. The van der Waals surface area contributed by atoms with Crippen molar-refractivity contribution in [3.8, 4) is 0 Å². The van der Waals surface area contributed by atoms with Crippen LogP contribution in [0.25, 0.3) is 0 Å². The summed E-state index contributed by atoms with van der Waals surface area (Å²) in [6.45, 7) is 5.50. The third-order valence-corrected chi connectivity index (χ3v) is 4.74. The number of benzene rings is 1. The summed E-state index contributed by atoms with van der Waals surface area (Å²) in [4.78, 5) is 18.5. The molecule has 2 rings (SSSR count). The summed E-state index contributed by atoms with van der Waals surface area (Å²) in [7, 11) is 3.45. The highest BCUT2D eigenvalue weighted by molar-refractivity contribution is 5.94. The number of guanidine groups is 1. The first kappa shape index (κ1) is 20.2. The first-order chi connectivity index (χ1) is 12.7. The maximum absolute atomic E-state index is 11.7. The Balaban J connectivity index is 1.61. The smallest absolute Gasteiger partial charge is 0.251 e. The molecule has 1 aromatic rings. The summed E-state index contributed by atoms with van der Waals surface area (Å²) in [5.74, 6) is 0.792. The number of aliphatic imine (C=N–C) groups is 1. The number of carbonyl (C=O) groups is 1. The lowest BCUT2D eigenvalue weighted by Crippen LogP contribution is -2.38. The Morgan fingerprint density at radius 2 is 1.92 bits per heavy atom. The Labute approximate surface area is 157 Å². The zero-order valence-electron chi connectivity index (χ0n) is 16.2. The van der Waals surface area contributed by atoms with Gasteiger partial charge in [-0.1, -0.05) is 12.1 Å². The molecule has 0 spiro atoms. The highest BCUT2D eigenvalue weighted by atomic mass is 16.1. The van der Waals surface area contributed by atoms with Crippen LogP contribution in [0.4, 0.5) is 0 Å². The van der Waals surface area contributed by atoms with Crippen LogP contribution in [0, 0.1) is 0 Å². The second kappa shape index (κ2) is 11.5. The van der Waals surface area contributed by atoms with Crippen LogP contribution < -0.4 is 16.0 Å². The van der Waals surface area contributed by atoms with Gasteiger partial charge in [0.25, 0.3) is 5.91 Å². The fourth-order valence-corrected chi connectivity index (χ4v) is 3.23. The third-order valence-electron chi connectivity index (χ3n) is 4.74. The number of nitrogens with one attached hydrogen (secondary N) is 3. The molecule has 1 amide bonds. The molecule has 6 nitrogen and oxygen atoms in total. The van der Waals surface area contributed by atoms with Crippen LogP contribution in [0.15, 0.2) is 29.3 Å². The number of hydrogen-bond acceptors (Lipinski definition) is 3. The van der Waals surface area contributed by atoms with Crippen molar-refractivity contribution >= 4 is 11.9 Å². The number of nitrogens with zero attached hydrogens (tertiary/aromatic N) is 2. The van der Waals surface area contributed by atoms with Crippen molar-refractivity contribution in [3.05, 3.63) is 35.4 Å². The van der Waals surface area contributed by atoms with Gasteiger partial charge in [0.1, 0.15) is 0 Å². The normalized spacial score (nSPS) is 15.1. The molecule has 0 unspecified atom stereocenters.